The number of nitrogens with one attached hydrogen (secondary N) is 1. The van der Waals surface area contributed by atoms with E-state index >= 15 is 0 Å². The lowest BCUT2D eigenvalue weighted by atomic mass is 10.0. The lowest BCUT2D eigenvalue weighted by Gasteiger charge is -2.15. The van der Waals surface area contributed by atoms with Crippen LogP contribution in [0.1, 0.15) is 39.2 Å². The molecule has 1 rings (SSSR count). The van der Waals surface area contributed by atoms with Crippen molar-refractivity contribution in [2.75, 3.05) is 7.11 Å². The van der Waals surface area contributed by atoms with Crippen molar-refractivity contribution < 1.29 is 9.84 Å². The molecular weight excluding hydrogens is 226 g/mol. The number of benzene rings is 1. The number of ether oxygens (including phenoxy) is 1. The molecule has 2 N–H and O–H groups in total. The Morgan fingerprint density at radius 2 is 1.94 bits per heavy atom. The Hall–Kier alpha value is -1.22. The van der Waals surface area contributed by atoms with Gasteiger partial charge in [0.15, 0.2) is 11.5 Å². The molecule has 0 saturated heterocycles. The summed E-state index contributed by atoms with van der Waals surface area (Å²) in [5, 5.41) is 13.1. The van der Waals surface area contributed by atoms with Crippen LogP contribution in [-0.4, -0.2) is 18.3 Å². The van der Waals surface area contributed by atoms with E-state index in [4.69, 9.17) is 4.74 Å². The van der Waals surface area contributed by atoms with E-state index in [-0.39, 0.29) is 5.75 Å². The Kier molecular flexibility index (Phi) is 5.99. The lowest BCUT2D eigenvalue weighted by molar-refractivity contribution is 0.372. The molecule has 0 heterocycles. The molecule has 102 valence electrons. The Morgan fingerprint density at radius 1 is 1.22 bits per heavy atom. The van der Waals surface area contributed by atoms with E-state index in [2.05, 4.69) is 26.1 Å². The molecule has 0 aliphatic heterocycles. The van der Waals surface area contributed by atoms with E-state index in [1.54, 1.807) is 19.2 Å². The van der Waals surface area contributed by atoms with E-state index in [0.29, 0.717) is 11.8 Å². The van der Waals surface area contributed by atoms with E-state index in [1.165, 1.54) is 12.8 Å². The summed E-state index contributed by atoms with van der Waals surface area (Å²) in [4.78, 5) is 0. The monoisotopic (exact) mass is 251 g/mol. The third kappa shape index (κ3) is 4.96. The largest absolute Gasteiger partial charge is 0.504 e. The first kappa shape index (κ1) is 14.8. The van der Waals surface area contributed by atoms with Crippen LogP contribution in [0.25, 0.3) is 0 Å². The van der Waals surface area contributed by atoms with Crippen LogP contribution in [0.15, 0.2) is 18.2 Å². The third-order valence-corrected chi connectivity index (χ3v) is 3.07. The Labute approximate surface area is 110 Å². The van der Waals surface area contributed by atoms with Crippen LogP contribution in [0, 0.1) is 5.92 Å². The summed E-state index contributed by atoms with van der Waals surface area (Å²) in [7, 11) is 1.56. The fourth-order valence-electron chi connectivity index (χ4n) is 1.82. The SMILES string of the molecule is COc1ccc(CNC(C)CCC(C)C)cc1O. The molecule has 1 unspecified atom stereocenters. The van der Waals surface area contributed by atoms with Crippen LogP contribution in [0.3, 0.4) is 0 Å². The van der Waals surface area contributed by atoms with Gasteiger partial charge in [-0.2, -0.15) is 0 Å². The van der Waals surface area contributed by atoms with E-state index < -0.39 is 0 Å². The number of rotatable bonds is 7. The van der Waals surface area contributed by atoms with Crippen molar-refractivity contribution in [2.45, 2.75) is 46.2 Å². The minimum atomic E-state index is 0.201. The van der Waals surface area contributed by atoms with Crippen LogP contribution in [0.4, 0.5) is 0 Å². The molecule has 0 radical (unpaired) electrons. The van der Waals surface area contributed by atoms with Crippen molar-refractivity contribution in [3.63, 3.8) is 0 Å². The van der Waals surface area contributed by atoms with Crippen molar-refractivity contribution >= 4 is 0 Å². The first-order chi connectivity index (χ1) is 8.52. The predicted octanol–water partition coefficient (Wildman–Crippen LogP) is 3.32. The number of hydrogen-bond donors (Lipinski definition) is 2. The van der Waals surface area contributed by atoms with Crippen molar-refractivity contribution in [2.24, 2.45) is 5.92 Å². The van der Waals surface area contributed by atoms with Gasteiger partial charge in [-0.3, -0.25) is 0 Å². The van der Waals surface area contributed by atoms with Crippen molar-refractivity contribution in [3.05, 3.63) is 23.8 Å². The maximum absolute atomic E-state index is 9.68. The van der Waals surface area contributed by atoms with Gasteiger partial charge in [0, 0.05) is 12.6 Å². The fraction of sp³-hybridized carbons (Fsp3) is 0.600. The van der Waals surface area contributed by atoms with Crippen LogP contribution in [-0.2, 0) is 6.54 Å². The van der Waals surface area contributed by atoms with Gasteiger partial charge in [-0.15, -0.1) is 0 Å². The zero-order valence-corrected chi connectivity index (χ0v) is 11.9. The van der Waals surface area contributed by atoms with Gasteiger partial charge in [-0.05, 0) is 43.4 Å². The summed E-state index contributed by atoms with van der Waals surface area (Å²) >= 11 is 0. The van der Waals surface area contributed by atoms with Gasteiger partial charge in [0.05, 0.1) is 7.11 Å². The second kappa shape index (κ2) is 7.27. The number of phenols is 1. The van der Waals surface area contributed by atoms with Crippen molar-refractivity contribution in [1.82, 2.24) is 5.32 Å². The average Bonchev–Trinajstić information content (AvgIpc) is 2.34. The molecule has 0 aromatic heterocycles. The van der Waals surface area contributed by atoms with E-state index in [0.717, 1.165) is 18.0 Å². The second-order valence-electron chi connectivity index (χ2n) is 5.26. The molecule has 1 aromatic rings. The van der Waals surface area contributed by atoms with Gasteiger partial charge in [0.2, 0.25) is 0 Å². The smallest absolute Gasteiger partial charge is 0.160 e. The normalized spacial score (nSPS) is 12.7. The standard InChI is InChI=1S/C15H25NO2/c1-11(2)5-6-12(3)16-10-13-7-8-15(18-4)14(17)9-13/h7-9,11-12,16-17H,5-6,10H2,1-4H3. The quantitative estimate of drug-likeness (QED) is 0.781. The summed E-state index contributed by atoms with van der Waals surface area (Å²) in [6, 6.07) is 6.02. The highest BCUT2D eigenvalue weighted by Crippen LogP contribution is 2.26. The summed E-state index contributed by atoms with van der Waals surface area (Å²) in [5.74, 6) is 1.47. The van der Waals surface area contributed by atoms with Crippen LogP contribution in [0.5, 0.6) is 11.5 Å². The summed E-state index contributed by atoms with van der Waals surface area (Å²) in [6.45, 7) is 7.46. The summed E-state index contributed by atoms with van der Waals surface area (Å²) in [5.41, 5.74) is 1.07. The number of phenolic OH excluding ortho intramolecular Hbond substituents is 1. The molecule has 0 amide bonds. The van der Waals surface area contributed by atoms with Gasteiger partial charge in [-0.25, -0.2) is 0 Å². The second-order valence-corrected chi connectivity index (χ2v) is 5.26. The first-order valence-corrected chi connectivity index (χ1v) is 6.62. The molecule has 18 heavy (non-hydrogen) atoms. The fourth-order valence-corrected chi connectivity index (χ4v) is 1.82. The molecular formula is C15H25NO2. The molecule has 0 aliphatic rings. The summed E-state index contributed by atoms with van der Waals surface area (Å²) in [6.07, 6.45) is 2.42. The molecule has 0 spiro atoms. The maximum Gasteiger partial charge on any atom is 0.160 e. The number of hydrogen-bond acceptors (Lipinski definition) is 3. The van der Waals surface area contributed by atoms with Gasteiger partial charge in [-0.1, -0.05) is 19.9 Å². The zero-order chi connectivity index (χ0) is 13.5. The van der Waals surface area contributed by atoms with Crippen LogP contribution >= 0.6 is 0 Å². The molecule has 3 heteroatoms. The van der Waals surface area contributed by atoms with Crippen molar-refractivity contribution in [3.8, 4) is 11.5 Å². The molecule has 0 aliphatic carbocycles. The molecule has 1 aromatic carbocycles. The van der Waals surface area contributed by atoms with E-state index in [1.807, 2.05) is 6.07 Å². The highest BCUT2D eigenvalue weighted by Gasteiger charge is 2.05. The Bertz CT molecular complexity index is 364. The lowest BCUT2D eigenvalue weighted by Crippen LogP contribution is -2.25. The highest BCUT2D eigenvalue weighted by atomic mass is 16.5. The van der Waals surface area contributed by atoms with E-state index in [9.17, 15) is 5.11 Å². The topological polar surface area (TPSA) is 41.5 Å². The van der Waals surface area contributed by atoms with Gasteiger partial charge >= 0.3 is 0 Å². The molecule has 1 atom stereocenters. The molecule has 3 nitrogen and oxygen atoms in total. The van der Waals surface area contributed by atoms with Crippen LogP contribution < -0.4 is 10.1 Å². The summed E-state index contributed by atoms with van der Waals surface area (Å²) < 4.78 is 5.02. The predicted molar refractivity (Wildman–Crippen MR) is 75.0 cm³/mol. The van der Waals surface area contributed by atoms with Gasteiger partial charge in [0.1, 0.15) is 0 Å². The van der Waals surface area contributed by atoms with Crippen molar-refractivity contribution in [1.29, 1.82) is 0 Å². The molecule has 0 bridgehead atoms. The Morgan fingerprint density at radius 3 is 2.50 bits per heavy atom. The van der Waals surface area contributed by atoms with Crippen LogP contribution in [0.2, 0.25) is 0 Å². The number of aromatic hydroxyl groups is 1. The Balaban J connectivity index is 2.41. The van der Waals surface area contributed by atoms with Gasteiger partial charge in [0.25, 0.3) is 0 Å². The number of methoxy groups -OCH3 is 1. The molecule has 0 saturated carbocycles. The van der Waals surface area contributed by atoms with Gasteiger partial charge < -0.3 is 15.2 Å². The minimum absolute atomic E-state index is 0.201. The highest BCUT2D eigenvalue weighted by molar-refractivity contribution is 5.41. The maximum atomic E-state index is 9.68. The first-order valence-electron chi connectivity index (χ1n) is 6.62. The zero-order valence-electron chi connectivity index (χ0n) is 11.9. The molecule has 0 fully saturated rings. The average molecular weight is 251 g/mol. The third-order valence-electron chi connectivity index (χ3n) is 3.07. The minimum Gasteiger partial charge on any atom is -0.504 e.